The fourth-order valence-corrected chi connectivity index (χ4v) is 11.9. The summed E-state index contributed by atoms with van der Waals surface area (Å²) in [4.78, 5) is 47.5. The maximum atomic E-state index is 5.09. The summed E-state index contributed by atoms with van der Waals surface area (Å²) in [5, 5.41) is 4.35. The van der Waals surface area contributed by atoms with Crippen LogP contribution in [0.15, 0.2) is 328 Å². The highest BCUT2D eigenvalue weighted by atomic mass is 14.9. The highest BCUT2D eigenvalue weighted by Crippen LogP contribution is 2.36. The average Bonchev–Trinajstić information content (AvgIpc) is 1.21. The summed E-state index contributed by atoms with van der Waals surface area (Å²) in [6, 6.07) is 99.8. The molecule has 0 aliphatic rings. The first-order chi connectivity index (χ1) is 46.5. The van der Waals surface area contributed by atoms with E-state index in [0.29, 0.717) is 5.82 Å². The zero-order chi connectivity index (χ0) is 62.6. The molecule has 94 heavy (non-hydrogen) atoms. The lowest BCUT2D eigenvalue weighted by atomic mass is 9.95. The van der Waals surface area contributed by atoms with Crippen molar-refractivity contribution < 1.29 is 0 Å². The molecule has 0 bridgehead atoms. The molecule has 0 spiro atoms. The predicted molar refractivity (Wildman–Crippen MR) is 381 cm³/mol. The number of nitrogens with zero attached hydrogens (tertiary/aromatic N) is 10. The number of benzene rings is 8. The molecule has 0 fully saturated rings. The lowest BCUT2D eigenvalue weighted by molar-refractivity contribution is 1.18. The molecular weight excluding hydrogens is 1150 g/mol. The van der Waals surface area contributed by atoms with Crippen LogP contribution >= 0.6 is 0 Å². The van der Waals surface area contributed by atoms with Gasteiger partial charge in [-0.05, 0) is 173 Å². The average molecular weight is 1200 g/mol. The van der Waals surface area contributed by atoms with Crippen molar-refractivity contribution in [3.63, 3.8) is 0 Å². The van der Waals surface area contributed by atoms with E-state index < -0.39 is 0 Å². The normalized spacial score (nSPS) is 11.2. The first-order valence-electron chi connectivity index (χ1n) is 31.0. The first-order valence-corrected chi connectivity index (χ1v) is 31.0. The highest BCUT2D eigenvalue weighted by molar-refractivity contribution is 5.93. The Labute approximate surface area is 542 Å². The largest absolute Gasteiger partial charge is 0.264 e. The Bertz CT molecular complexity index is 5490. The molecule has 0 radical (unpaired) electrons. The lowest BCUT2D eigenvalue weighted by Crippen LogP contribution is -1.96. The first kappa shape index (κ1) is 56.3. The molecule has 10 nitrogen and oxygen atoms in total. The summed E-state index contributed by atoms with van der Waals surface area (Å²) in [5.74, 6) is 0.677. The summed E-state index contributed by atoms with van der Waals surface area (Å²) >= 11 is 0. The highest BCUT2D eigenvalue weighted by Gasteiger charge is 2.15. The van der Waals surface area contributed by atoms with Crippen LogP contribution < -0.4 is 0 Å². The summed E-state index contributed by atoms with van der Waals surface area (Å²) in [6.45, 7) is 0. The maximum Gasteiger partial charge on any atom is 0.160 e. The van der Waals surface area contributed by atoms with Gasteiger partial charge < -0.3 is 0 Å². The van der Waals surface area contributed by atoms with Gasteiger partial charge >= 0.3 is 0 Å². The molecule has 10 heteroatoms. The van der Waals surface area contributed by atoms with Crippen molar-refractivity contribution in [1.82, 2.24) is 49.8 Å². The van der Waals surface area contributed by atoms with Gasteiger partial charge in [-0.1, -0.05) is 152 Å². The van der Waals surface area contributed by atoms with Crippen LogP contribution in [0.1, 0.15) is 0 Å². The summed E-state index contributed by atoms with van der Waals surface area (Å²) in [6.07, 6.45) is 11.0. The molecular formula is C84H54N10. The van der Waals surface area contributed by atoms with E-state index in [0.717, 1.165) is 161 Å². The van der Waals surface area contributed by atoms with Gasteiger partial charge in [0.2, 0.25) is 0 Å². The third-order valence-corrected chi connectivity index (χ3v) is 16.8. The van der Waals surface area contributed by atoms with E-state index in [1.807, 2.05) is 116 Å². The van der Waals surface area contributed by atoms with Gasteiger partial charge in [0.15, 0.2) is 5.82 Å². The molecule has 8 aromatic carbocycles. The van der Waals surface area contributed by atoms with Gasteiger partial charge in [0, 0.05) is 97.7 Å². The second-order valence-electron chi connectivity index (χ2n) is 22.9. The molecule has 0 aliphatic carbocycles. The fourth-order valence-electron chi connectivity index (χ4n) is 11.9. The Morgan fingerprint density at radius 2 is 0.543 bits per heavy atom. The van der Waals surface area contributed by atoms with Crippen LogP contribution in [0.4, 0.5) is 0 Å². The van der Waals surface area contributed by atoms with Crippen molar-refractivity contribution in [2.45, 2.75) is 0 Å². The molecule has 0 aliphatic heterocycles. The monoisotopic (exact) mass is 1200 g/mol. The van der Waals surface area contributed by atoms with Crippen molar-refractivity contribution in [2.75, 3.05) is 0 Å². The van der Waals surface area contributed by atoms with Crippen molar-refractivity contribution in [3.8, 4) is 124 Å². The smallest absolute Gasteiger partial charge is 0.160 e. The second-order valence-corrected chi connectivity index (χ2v) is 22.9. The van der Waals surface area contributed by atoms with Crippen molar-refractivity contribution in [2.24, 2.45) is 0 Å². The van der Waals surface area contributed by atoms with Crippen molar-refractivity contribution in [3.05, 3.63) is 328 Å². The zero-order valence-electron chi connectivity index (χ0n) is 50.6. The molecule has 0 N–H and O–H groups in total. The third-order valence-electron chi connectivity index (χ3n) is 16.8. The van der Waals surface area contributed by atoms with Gasteiger partial charge in [-0.3, -0.25) is 19.9 Å². The van der Waals surface area contributed by atoms with E-state index in [1.54, 1.807) is 24.8 Å². The Morgan fingerprint density at radius 1 is 0.170 bits per heavy atom. The van der Waals surface area contributed by atoms with Crippen LogP contribution in [0, 0.1) is 0 Å². The summed E-state index contributed by atoms with van der Waals surface area (Å²) < 4.78 is 0. The van der Waals surface area contributed by atoms with Crippen LogP contribution in [0.3, 0.4) is 0 Å². The van der Waals surface area contributed by atoms with Crippen LogP contribution in [0.5, 0.6) is 0 Å². The van der Waals surface area contributed by atoms with E-state index in [1.165, 1.54) is 0 Å². The van der Waals surface area contributed by atoms with E-state index in [2.05, 4.69) is 208 Å². The van der Waals surface area contributed by atoms with E-state index in [-0.39, 0.29) is 0 Å². The molecule has 0 saturated carbocycles. The predicted octanol–water partition coefficient (Wildman–Crippen LogP) is 20.3. The van der Waals surface area contributed by atoms with Gasteiger partial charge in [-0.15, -0.1) is 0 Å². The van der Waals surface area contributed by atoms with Crippen LogP contribution in [0.2, 0.25) is 0 Å². The van der Waals surface area contributed by atoms with Crippen molar-refractivity contribution >= 4 is 43.6 Å². The Hall–Kier alpha value is -12.9. The minimum atomic E-state index is 0.677. The van der Waals surface area contributed by atoms with Crippen molar-refractivity contribution in [1.29, 1.82) is 0 Å². The molecule has 0 amide bonds. The molecule has 440 valence electrons. The number of fused-ring (bicyclic) bond motifs is 4. The SMILES string of the molecule is c1ccc(-c2cc(-c3ccccc3)nc(-c3cccc(-c4ccc5cc(-c6ccc7nc(-c8ccccn8)ccc7c6)ccc5n4)c3)n2)cc1.c1ccc(-c2ccc3cc(-c4ccc5nc(-c6cc(-c7cccnc7)cc(-c7cccnc7)c6)ccc5c4)ccc3n2)nc1. The number of pyridine rings is 8. The molecule has 17 rings (SSSR count). The van der Waals surface area contributed by atoms with Gasteiger partial charge in [0.25, 0.3) is 0 Å². The molecule has 9 aromatic heterocycles. The van der Waals surface area contributed by atoms with Crippen LogP contribution in [0.25, 0.3) is 167 Å². The number of hydrogen-bond acceptors (Lipinski definition) is 10. The topological polar surface area (TPSA) is 129 Å². The van der Waals surface area contributed by atoms with E-state index in [9.17, 15) is 0 Å². The zero-order valence-corrected chi connectivity index (χ0v) is 50.6. The van der Waals surface area contributed by atoms with Gasteiger partial charge in [-0.25, -0.2) is 29.9 Å². The maximum absolute atomic E-state index is 5.09. The number of hydrogen-bond donors (Lipinski definition) is 0. The van der Waals surface area contributed by atoms with E-state index in [4.69, 9.17) is 29.9 Å². The Morgan fingerprint density at radius 3 is 0.968 bits per heavy atom. The second kappa shape index (κ2) is 25.2. The fraction of sp³-hybridized carbons (Fsp3) is 0. The molecule has 0 saturated heterocycles. The molecule has 0 atom stereocenters. The Kier molecular flexibility index (Phi) is 15.1. The van der Waals surface area contributed by atoms with Crippen LogP contribution in [-0.2, 0) is 0 Å². The van der Waals surface area contributed by atoms with Crippen LogP contribution in [-0.4, -0.2) is 49.8 Å². The summed E-state index contributed by atoms with van der Waals surface area (Å²) in [7, 11) is 0. The third kappa shape index (κ3) is 11.9. The quantitative estimate of drug-likeness (QED) is 0.123. The standard InChI is InChI=1S/C45H29N5.C39H25N5/c1-3-10-30(11-4-1)43-29-44(31-12-5-2-6-13-31)50-45(49-43)37-15-9-14-34(28-37)38-23-19-35-26-32(17-21-39(35)47-38)33-18-22-40-36(27-33)20-24-42(48-40)41-16-7-8-25-46-41;1-2-18-42-38(7-1)39-15-11-29-20-27(9-13-36(29)44-39)26-8-12-35-28(19-26)10-14-37(43-35)34-22-32(30-5-3-16-40-24-30)21-33(23-34)31-6-4-17-41-25-31/h1-29H;1-25H. The number of aromatic nitrogens is 10. The minimum Gasteiger partial charge on any atom is -0.264 e. The number of rotatable bonds is 11. The van der Waals surface area contributed by atoms with Gasteiger partial charge in [0.05, 0.1) is 67.6 Å². The Balaban J connectivity index is 0.000000150. The minimum absolute atomic E-state index is 0.677. The lowest BCUT2D eigenvalue weighted by Gasteiger charge is -2.11. The molecule has 9 heterocycles. The summed E-state index contributed by atoms with van der Waals surface area (Å²) in [5.41, 5.74) is 24.8. The molecule has 0 unspecified atom stereocenters. The van der Waals surface area contributed by atoms with E-state index >= 15 is 0 Å². The van der Waals surface area contributed by atoms with Gasteiger partial charge in [0.1, 0.15) is 0 Å². The van der Waals surface area contributed by atoms with Gasteiger partial charge in [-0.2, -0.15) is 0 Å². The molecule has 17 aromatic rings.